The molecule has 1 aromatic heterocycles. The Morgan fingerprint density at radius 3 is 2.50 bits per heavy atom. The van der Waals surface area contributed by atoms with Crippen molar-refractivity contribution in [1.29, 1.82) is 0 Å². The van der Waals surface area contributed by atoms with E-state index in [2.05, 4.69) is 31.4 Å². The van der Waals surface area contributed by atoms with Crippen molar-refractivity contribution in [3.63, 3.8) is 0 Å². The molecule has 34 heavy (non-hydrogen) atoms. The molecule has 3 rings (SSSR count). The van der Waals surface area contributed by atoms with Gasteiger partial charge in [-0.2, -0.15) is 0 Å². The average Bonchev–Trinajstić information content (AvgIpc) is 3.35. The van der Waals surface area contributed by atoms with Gasteiger partial charge in [-0.3, -0.25) is 14.4 Å². The Balaban J connectivity index is 1.48. The second-order valence-corrected chi connectivity index (χ2v) is 10.1. The highest BCUT2D eigenvalue weighted by atomic mass is 32.2. The van der Waals surface area contributed by atoms with E-state index >= 15 is 0 Å². The van der Waals surface area contributed by atoms with Crippen LogP contribution in [0.1, 0.15) is 60.9 Å². The fraction of sp³-hybridized carbons (Fsp3) is 0.500. The van der Waals surface area contributed by atoms with E-state index in [9.17, 15) is 14.4 Å². The van der Waals surface area contributed by atoms with E-state index in [-0.39, 0.29) is 48.5 Å². The van der Waals surface area contributed by atoms with Crippen molar-refractivity contribution >= 4 is 29.5 Å². The summed E-state index contributed by atoms with van der Waals surface area (Å²) < 4.78 is 10.9. The van der Waals surface area contributed by atoms with Gasteiger partial charge in [0.25, 0.3) is 11.8 Å². The van der Waals surface area contributed by atoms with Crippen LogP contribution in [-0.2, 0) is 9.53 Å². The number of benzene rings is 1. The van der Waals surface area contributed by atoms with Crippen molar-refractivity contribution in [2.45, 2.75) is 51.0 Å². The van der Waals surface area contributed by atoms with Crippen molar-refractivity contribution in [2.75, 3.05) is 18.8 Å². The third kappa shape index (κ3) is 7.38. The van der Waals surface area contributed by atoms with Gasteiger partial charge >= 0.3 is 5.97 Å². The highest BCUT2D eigenvalue weighted by Gasteiger charge is 2.33. The molecule has 0 bridgehead atoms. The van der Waals surface area contributed by atoms with E-state index in [4.69, 9.17) is 9.15 Å². The quantitative estimate of drug-likeness (QED) is 0.291. The zero-order valence-corrected chi connectivity index (χ0v) is 20.9. The van der Waals surface area contributed by atoms with Crippen molar-refractivity contribution in [1.82, 2.24) is 10.6 Å². The number of amides is 2. The summed E-state index contributed by atoms with van der Waals surface area (Å²) in [5, 5.41) is 5.49. The van der Waals surface area contributed by atoms with Crippen LogP contribution in [0.25, 0.3) is 0 Å². The summed E-state index contributed by atoms with van der Waals surface area (Å²) >= 11 is 1.31. The molecule has 7 nitrogen and oxygen atoms in total. The highest BCUT2D eigenvalue weighted by Crippen LogP contribution is 2.35. The Morgan fingerprint density at radius 1 is 1.06 bits per heavy atom. The van der Waals surface area contributed by atoms with Crippen molar-refractivity contribution in [3.8, 4) is 0 Å². The molecule has 1 aromatic carbocycles. The molecule has 0 radical (unpaired) electrons. The molecule has 3 unspecified atom stereocenters. The molecule has 1 aliphatic carbocycles. The van der Waals surface area contributed by atoms with Gasteiger partial charge in [0.2, 0.25) is 0 Å². The topological polar surface area (TPSA) is 97.6 Å². The van der Waals surface area contributed by atoms with Crippen molar-refractivity contribution in [2.24, 2.45) is 17.8 Å². The van der Waals surface area contributed by atoms with E-state index in [1.807, 2.05) is 12.1 Å². The van der Waals surface area contributed by atoms with Crippen LogP contribution in [-0.4, -0.2) is 42.7 Å². The lowest BCUT2D eigenvalue weighted by Crippen LogP contribution is -2.36. The lowest BCUT2D eigenvalue weighted by Gasteiger charge is -2.36. The summed E-state index contributed by atoms with van der Waals surface area (Å²) in [7, 11) is 0. The molecule has 0 saturated heterocycles. The highest BCUT2D eigenvalue weighted by molar-refractivity contribution is 8.00. The molecule has 184 valence electrons. The summed E-state index contributed by atoms with van der Waals surface area (Å²) in [6.45, 7) is 7.12. The Morgan fingerprint density at radius 2 is 1.79 bits per heavy atom. The summed E-state index contributed by atoms with van der Waals surface area (Å²) in [6.07, 6.45) is 4.58. The van der Waals surface area contributed by atoms with Gasteiger partial charge in [0.15, 0.2) is 5.76 Å². The molecule has 2 amide bonds. The van der Waals surface area contributed by atoms with Gasteiger partial charge in [0.05, 0.1) is 17.6 Å². The third-order valence-corrected chi connectivity index (χ3v) is 7.21. The van der Waals surface area contributed by atoms with E-state index in [1.54, 1.807) is 24.3 Å². The van der Waals surface area contributed by atoms with E-state index < -0.39 is 0 Å². The van der Waals surface area contributed by atoms with Gasteiger partial charge in [-0.15, -0.1) is 11.8 Å². The number of hydrogen-bond donors (Lipinski definition) is 2. The summed E-state index contributed by atoms with van der Waals surface area (Å²) in [5.41, 5.74) is 0.490. The number of furan rings is 1. The van der Waals surface area contributed by atoms with E-state index in [0.717, 1.165) is 12.8 Å². The minimum Gasteiger partial charge on any atom is -0.461 e. The Bertz CT molecular complexity index is 960. The normalized spacial score (nSPS) is 20.1. The summed E-state index contributed by atoms with van der Waals surface area (Å²) in [4.78, 5) is 37.9. The fourth-order valence-corrected chi connectivity index (χ4v) is 5.14. The first-order valence-corrected chi connectivity index (χ1v) is 12.8. The molecule has 1 aliphatic rings. The predicted octanol–water partition coefficient (Wildman–Crippen LogP) is 4.54. The maximum Gasteiger partial charge on any atom is 0.316 e. The van der Waals surface area contributed by atoms with Crippen LogP contribution in [0.2, 0.25) is 0 Å². The largest absolute Gasteiger partial charge is 0.461 e. The van der Waals surface area contributed by atoms with Crippen molar-refractivity contribution in [3.05, 3.63) is 54.0 Å². The Kier molecular flexibility index (Phi) is 9.62. The maximum absolute atomic E-state index is 12.7. The SMILES string of the molecule is CC1CCC(C(C)C)C(OC(=O)CSc2ccccc2C(=O)NCCNC(=O)c2ccco2)C1. The smallest absolute Gasteiger partial charge is 0.316 e. The zero-order chi connectivity index (χ0) is 24.5. The molecule has 1 fully saturated rings. The van der Waals surface area contributed by atoms with Gasteiger partial charge < -0.3 is 19.8 Å². The van der Waals surface area contributed by atoms with Gasteiger partial charge in [0.1, 0.15) is 6.10 Å². The van der Waals surface area contributed by atoms with Crippen LogP contribution in [0, 0.1) is 17.8 Å². The number of carbonyl (C=O) groups is 3. The first kappa shape index (κ1) is 25.9. The number of esters is 1. The van der Waals surface area contributed by atoms with Gasteiger partial charge in [-0.1, -0.05) is 39.3 Å². The van der Waals surface area contributed by atoms with Crippen LogP contribution < -0.4 is 10.6 Å². The minimum atomic E-state index is -0.333. The summed E-state index contributed by atoms with van der Waals surface area (Å²) in [6, 6.07) is 10.4. The van der Waals surface area contributed by atoms with Crippen LogP contribution in [0.4, 0.5) is 0 Å². The van der Waals surface area contributed by atoms with Crippen LogP contribution in [0.15, 0.2) is 52.0 Å². The lowest BCUT2D eigenvalue weighted by atomic mass is 9.75. The van der Waals surface area contributed by atoms with Crippen molar-refractivity contribution < 1.29 is 23.5 Å². The third-order valence-electron chi connectivity index (χ3n) is 6.16. The summed E-state index contributed by atoms with van der Waals surface area (Å²) in [5.74, 6) is 0.981. The minimum absolute atomic E-state index is 0.0354. The molecule has 0 aliphatic heterocycles. The molecule has 2 N–H and O–H groups in total. The number of carbonyl (C=O) groups excluding carboxylic acids is 3. The lowest BCUT2D eigenvalue weighted by molar-refractivity contribution is -0.152. The average molecular weight is 487 g/mol. The number of thioether (sulfide) groups is 1. The van der Waals surface area contributed by atoms with Crippen LogP contribution in [0.5, 0.6) is 0 Å². The molecular formula is C26H34N2O5S. The molecule has 1 heterocycles. The second kappa shape index (κ2) is 12.6. The van der Waals surface area contributed by atoms with Gasteiger partial charge in [-0.05, 0) is 54.9 Å². The Labute approximate surface area is 205 Å². The molecule has 8 heteroatoms. The number of hydrogen-bond acceptors (Lipinski definition) is 6. The first-order chi connectivity index (χ1) is 16.3. The maximum atomic E-state index is 12.7. The molecule has 1 saturated carbocycles. The number of ether oxygens (including phenoxy) is 1. The number of rotatable bonds is 10. The molecule has 2 aromatic rings. The first-order valence-electron chi connectivity index (χ1n) is 11.9. The van der Waals surface area contributed by atoms with Crippen LogP contribution in [0.3, 0.4) is 0 Å². The van der Waals surface area contributed by atoms with Gasteiger partial charge in [0, 0.05) is 18.0 Å². The predicted molar refractivity (Wildman–Crippen MR) is 132 cm³/mol. The Hall–Kier alpha value is -2.74. The second-order valence-electron chi connectivity index (χ2n) is 9.13. The van der Waals surface area contributed by atoms with Gasteiger partial charge in [-0.25, -0.2) is 0 Å². The fourth-order valence-electron chi connectivity index (χ4n) is 4.31. The zero-order valence-electron chi connectivity index (χ0n) is 20.0. The molecule has 0 spiro atoms. The molecular weight excluding hydrogens is 452 g/mol. The number of nitrogens with one attached hydrogen (secondary N) is 2. The van der Waals surface area contributed by atoms with E-state index in [1.165, 1.54) is 24.4 Å². The van der Waals surface area contributed by atoms with E-state index in [0.29, 0.717) is 28.2 Å². The molecule has 3 atom stereocenters. The van der Waals surface area contributed by atoms with Crippen LogP contribution >= 0.6 is 11.8 Å². The standard InChI is InChI=1S/C26H34N2O5S/c1-17(2)19-11-10-18(3)15-22(19)33-24(29)16-34-23-9-5-4-7-20(23)25(30)27-12-13-28-26(31)21-8-6-14-32-21/h4-9,14,17-19,22H,10-13,15-16H2,1-3H3,(H,27,30)(H,28,31). The monoisotopic (exact) mass is 486 g/mol.